The van der Waals surface area contributed by atoms with Gasteiger partial charge in [0.15, 0.2) is 0 Å². The van der Waals surface area contributed by atoms with Gasteiger partial charge in [-0.25, -0.2) is 13.1 Å². The van der Waals surface area contributed by atoms with Crippen LogP contribution in [0.3, 0.4) is 0 Å². The number of ether oxygens (including phenoxy) is 1. The SMILES string of the molecule is CCc1ccccc1NC(=O)c1ccc(OC)c(S(=O)(=O)NC2CCCC2)c1. The van der Waals surface area contributed by atoms with Crippen molar-refractivity contribution in [3.8, 4) is 5.75 Å². The van der Waals surface area contributed by atoms with E-state index in [2.05, 4.69) is 10.0 Å². The number of rotatable bonds is 7. The summed E-state index contributed by atoms with van der Waals surface area (Å²) in [7, 11) is -2.37. The van der Waals surface area contributed by atoms with E-state index in [4.69, 9.17) is 4.74 Å². The van der Waals surface area contributed by atoms with Crippen molar-refractivity contribution in [3.05, 3.63) is 53.6 Å². The second-order valence-electron chi connectivity index (χ2n) is 6.93. The summed E-state index contributed by atoms with van der Waals surface area (Å²) in [6, 6.07) is 11.9. The summed E-state index contributed by atoms with van der Waals surface area (Å²) < 4.78 is 33.7. The van der Waals surface area contributed by atoms with Crippen molar-refractivity contribution in [2.45, 2.75) is 50.0 Å². The van der Waals surface area contributed by atoms with Gasteiger partial charge in [0, 0.05) is 17.3 Å². The summed E-state index contributed by atoms with van der Waals surface area (Å²) in [5.41, 5.74) is 2.00. The first-order valence-electron chi connectivity index (χ1n) is 9.54. The van der Waals surface area contributed by atoms with E-state index in [9.17, 15) is 13.2 Å². The van der Waals surface area contributed by atoms with Gasteiger partial charge in [0.2, 0.25) is 10.0 Å². The molecule has 1 amide bonds. The van der Waals surface area contributed by atoms with Crippen LogP contribution in [0.15, 0.2) is 47.4 Å². The topological polar surface area (TPSA) is 84.5 Å². The van der Waals surface area contributed by atoms with Gasteiger partial charge in [0.25, 0.3) is 5.91 Å². The van der Waals surface area contributed by atoms with E-state index in [0.29, 0.717) is 0 Å². The van der Waals surface area contributed by atoms with Crippen molar-refractivity contribution in [1.82, 2.24) is 4.72 Å². The van der Waals surface area contributed by atoms with E-state index in [-0.39, 0.29) is 28.2 Å². The smallest absolute Gasteiger partial charge is 0.255 e. The molecule has 28 heavy (non-hydrogen) atoms. The number of sulfonamides is 1. The van der Waals surface area contributed by atoms with E-state index in [0.717, 1.165) is 43.4 Å². The standard InChI is InChI=1S/C21H26N2O4S/c1-3-15-8-4-7-11-18(15)22-21(24)16-12-13-19(27-2)20(14-16)28(25,26)23-17-9-5-6-10-17/h4,7-8,11-14,17,23H,3,5-6,9-10H2,1-2H3,(H,22,24). The maximum atomic E-state index is 12.9. The summed E-state index contributed by atoms with van der Waals surface area (Å²) in [4.78, 5) is 12.7. The Balaban J connectivity index is 1.88. The van der Waals surface area contributed by atoms with Gasteiger partial charge in [-0.15, -0.1) is 0 Å². The van der Waals surface area contributed by atoms with E-state index in [1.807, 2.05) is 31.2 Å². The highest BCUT2D eigenvalue weighted by atomic mass is 32.2. The molecule has 0 unspecified atom stereocenters. The molecule has 7 heteroatoms. The van der Waals surface area contributed by atoms with Gasteiger partial charge >= 0.3 is 0 Å². The van der Waals surface area contributed by atoms with Crippen molar-refractivity contribution >= 4 is 21.6 Å². The first-order valence-corrected chi connectivity index (χ1v) is 11.0. The third kappa shape index (κ3) is 4.54. The first-order chi connectivity index (χ1) is 13.4. The summed E-state index contributed by atoms with van der Waals surface area (Å²) in [6.07, 6.45) is 4.47. The number of hydrogen-bond acceptors (Lipinski definition) is 4. The molecule has 0 bridgehead atoms. The summed E-state index contributed by atoms with van der Waals surface area (Å²) >= 11 is 0. The zero-order valence-corrected chi connectivity index (χ0v) is 17.0. The van der Waals surface area contributed by atoms with Crippen molar-refractivity contribution < 1.29 is 17.9 Å². The van der Waals surface area contributed by atoms with Gasteiger partial charge in [-0.1, -0.05) is 38.0 Å². The van der Waals surface area contributed by atoms with Gasteiger partial charge < -0.3 is 10.1 Å². The van der Waals surface area contributed by atoms with Crippen LogP contribution < -0.4 is 14.8 Å². The number of carbonyl (C=O) groups is 1. The normalized spacial score (nSPS) is 14.8. The number of para-hydroxylation sites is 1. The molecule has 6 nitrogen and oxygen atoms in total. The highest BCUT2D eigenvalue weighted by molar-refractivity contribution is 7.89. The average molecular weight is 403 g/mol. The van der Waals surface area contributed by atoms with Gasteiger partial charge in [-0.05, 0) is 49.1 Å². The molecule has 0 radical (unpaired) electrons. The zero-order chi connectivity index (χ0) is 20.1. The Bertz CT molecular complexity index is 951. The van der Waals surface area contributed by atoms with Crippen molar-refractivity contribution in [3.63, 3.8) is 0 Å². The van der Waals surface area contributed by atoms with Gasteiger partial charge in [0.05, 0.1) is 7.11 Å². The average Bonchev–Trinajstić information content (AvgIpc) is 3.20. The van der Waals surface area contributed by atoms with Crippen LogP contribution in [-0.2, 0) is 16.4 Å². The fraction of sp³-hybridized carbons (Fsp3) is 0.381. The quantitative estimate of drug-likeness (QED) is 0.739. The Morgan fingerprint density at radius 3 is 2.54 bits per heavy atom. The third-order valence-corrected chi connectivity index (χ3v) is 6.58. The molecule has 2 aromatic carbocycles. The Hall–Kier alpha value is -2.38. The number of anilines is 1. The van der Waals surface area contributed by atoms with Gasteiger partial charge in [-0.2, -0.15) is 0 Å². The molecule has 0 aromatic heterocycles. The van der Waals surface area contributed by atoms with Gasteiger partial charge in [-0.3, -0.25) is 4.79 Å². The first kappa shape index (κ1) is 20.4. The fourth-order valence-electron chi connectivity index (χ4n) is 3.50. The molecule has 3 rings (SSSR count). The van der Waals surface area contributed by atoms with Crippen LogP contribution in [0.2, 0.25) is 0 Å². The van der Waals surface area contributed by atoms with Crippen molar-refractivity contribution in [1.29, 1.82) is 0 Å². The van der Waals surface area contributed by atoms with E-state index < -0.39 is 10.0 Å². The molecule has 0 aliphatic heterocycles. The Morgan fingerprint density at radius 1 is 1.14 bits per heavy atom. The molecule has 0 heterocycles. The van der Waals surface area contributed by atoms with Crippen LogP contribution in [-0.4, -0.2) is 27.5 Å². The molecule has 1 aliphatic carbocycles. The molecule has 2 aromatic rings. The maximum absolute atomic E-state index is 12.9. The lowest BCUT2D eigenvalue weighted by Gasteiger charge is -2.16. The van der Waals surface area contributed by atoms with Crippen LogP contribution in [0.25, 0.3) is 0 Å². The van der Waals surface area contributed by atoms with Crippen LogP contribution in [0.1, 0.15) is 48.5 Å². The molecule has 2 N–H and O–H groups in total. The van der Waals surface area contributed by atoms with Crippen LogP contribution >= 0.6 is 0 Å². The fourth-order valence-corrected chi connectivity index (χ4v) is 5.00. The van der Waals surface area contributed by atoms with Gasteiger partial charge in [0.1, 0.15) is 10.6 Å². The molecule has 1 saturated carbocycles. The molecule has 1 aliphatic rings. The molecule has 0 atom stereocenters. The Labute approximate surface area is 166 Å². The van der Waals surface area contributed by atoms with Crippen molar-refractivity contribution in [2.24, 2.45) is 0 Å². The number of nitrogens with one attached hydrogen (secondary N) is 2. The third-order valence-electron chi connectivity index (χ3n) is 5.04. The van der Waals surface area contributed by atoms with E-state index in [1.54, 1.807) is 6.07 Å². The minimum Gasteiger partial charge on any atom is -0.495 e. The second-order valence-corrected chi connectivity index (χ2v) is 8.62. The minimum absolute atomic E-state index is 0.0154. The predicted octanol–water partition coefficient (Wildman–Crippen LogP) is 3.73. The highest BCUT2D eigenvalue weighted by Gasteiger charge is 2.26. The lowest BCUT2D eigenvalue weighted by molar-refractivity contribution is 0.102. The van der Waals surface area contributed by atoms with E-state index >= 15 is 0 Å². The highest BCUT2D eigenvalue weighted by Crippen LogP contribution is 2.28. The van der Waals surface area contributed by atoms with E-state index in [1.165, 1.54) is 19.2 Å². The Morgan fingerprint density at radius 2 is 1.86 bits per heavy atom. The number of carbonyl (C=O) groups excluding carboxylic acids is 1. The minimum atomic E-state index is -3.78. The Kier molecular flexibility index (Phi) is 6.36. The number of benzene rings is 2. The lowest BCUT2D eigenvalue weighted by Crippen LogP contribution is -2.33. The number of amides is 1. The summed E-state index contributed by atoms with van der Waals surface area (Å²) in [5, 5.41) is 2.87. The summed E-state index contributed by atoms with van der Waals surface area (Å²) in [5.74, 6) is -0.142. The predicted molar refractivity (Wildman–Crippen MR) is 109 cm³/mol. The number of hydrogen-bond donors (Lipinski definition) is 2. The largest absolute Gasteiger partial charge is 0.495 e. The number of aryl methyl sites for hydroxylation is 1. The molecular weight excluding hydrogens is 376 g/mol. The monoisotopic (exact) mass is 402 g/mol. The molecule has 0 saturated heterocycles. The van der Waals surface area contributed by atoms with Crippen LogP contribution in [0.5, 0.6) is 5.75 Å². The maximum Gasteiger partial charge on any atom is 0.255 e. The number of methoxy groups -OCH3 is 1. The van der Waals surface area contributed by atoms with Crippen molar-refractivity contribution in [2.75, 3.05) is 12.4 Å². The lowest BCUT2D eigenvalue weighted by atomic mass is 10.1. The summed E-state index contributed by atoms with van der Waals surface area (Å²) in [6.45, 7) is 2.01. The molecule has 1 fully saturated rings. The van der Waals surface area contributed by atoms with Crippen LogP contribution in [0.4, 0.5) is 5.69 Å². The second kappa shape index (κ2) is 8.75. The molecule has 150 valence electrons. The molecular formula is C21H26N2O4S. The molecule has 0 spiro atoms. The zero-order valence-electron chi connectivity index (χ0n) is 16.2. The van der Waals surface area contributed by atoms with Crippen LogP contribution in [0, 0.1) is 0 Å².